The molecule has 0 atom stereocenters. The third-order valence-electron chi connectivity index (χ3n) is 4.73. The van der Waals surface area contributed by atoms with E-state index in [2.05, 4.69) is 27.1 Å². The summed E-state index contributed by atoms with van der Waals surface area (Å²) in [6.45, 7) is -2.91. The molecule has 1 heterocycles. The van der Waals surface area contributed by atoms with E-state index in [4.69, 9.17) is 4.74 Å². The minimum absolute atomic E-state index is 0.00819. The summed E-state index contributed by atoms with van der Waals surface area (Å²) in [6, 6.07) is 25.0. The molecule has 3 aromatic carbocycles. The minimum atomic E-state index is -2.91. The average Bonchev–Trinajstić information content (AvgIpc) is 3.21. The molecular weight excluding hydrogens is 432 g/mol. The summed E-state index contributed by atoms with van der Waals surface area (Å²) in [4.78, 5) is 0. The van der Waals surface area contributed by atoms with E-state index < -0.39 is 6.61 Å². The lowest BCUT2D eigenvalue weighted by atomic mass is 10.1. The molecule has 0 aliphatic rings. The maximum absolute atomic E-state index is 12.6. The molecule has 164 valence electrons. The first-order valence-electron chi connectivity index (χ1n) is 9.92. The van der Waals surface area contributed by atoms with Crippen molar-refractivity contribution in [1.82, 2.24) is 14.8 Å². The van der Waals surface area contributed by atoms with Crippen LogP contribution in [0, 0.1) is 0 Å². The molecule has 0 saturated carbocycles. The van der Waals surface area contributed by atoms with E-state index in [1.165, 1.54) is 24.9 Å². The van der Waals surface area contributed by atoms with Gasteiger partial charge in [-0.1, -0.05) is 66.4 Å². The summed E-state index contributed by atoms with van der Waals surface area (Å²) in [5.74, 6) is 1.66. The van der Waals surface area contributed by atoms with Gasteiger partial charge in [0, 0.05) is 17.9 Å². The van der Waals surface area contributed by atoms with E-state index in [1.807, 2.05) is 53.1 Å². The highest BCUT2D eigenvalue weighted by Gasteiger charge is 2.16. The second-order valence-corrected chi connectivity index (χ2v) is 7.83. The normalized spacial score (nSPS) is 11.0. The number of hydrogen-bond acceptors (Lipinski definition) is 5. The van der Waals surface area contributed by atoms with E-state index in [0.29, 0.717) is 12.2 Å². The SMILES string of the molecule is COc1cc(CSc2nnc(Cc3ccccc3)n2-c2ccccc2)ccc1OC(F)F. The van der Waals surface area contributed by atoms with Crippen molar-refractivity contribution >= 4 is 11.8 Å². The van der Waals surface area contributed by atoms with Gasteiger partial charge in [0.05, 0.1) is 7.11 Å². The zero-order valence-electron chi connectivity index (χ0n) is 17.3. The van der Waals surface area contributed by atoms with Crippen LogP contribution in [0.5, 0.6) is 11.5 Å². The van der Waals surface area contributed by atoms with E-state index in [0.717, 1.165) is 27.8 Å². The Morgan fingerprint density at radius 3 is 2.28 bits per heavy atom. The van der Waals surface area contributed by atoms with Crippen molar-refractivity contribution in [2.24, 2.45) is 0 Å². The van der Waals surface area contributed by atoms with Crippen molar-refractivity contribution in [3.8, 4) is 17.2 Å². The first-order valence-corrected chi connectivity index (χ1v) is 10.9. The molecule has 0 unspecified atom stereocenters. The van der Waals surface area contributed by atoms with Crippen molar-refractivity contribution in [2.45, 2.75) is 23.9 Å². The summed E-state index contributed by atoms with van der Waals surface area (Å²) in [6.07, 6.45) is 0.650. The Balaban J connectivity index is 1.59. The van der Waals surface area contributed by atoms with Crippen LogP contribution in [0.3, 0.4) is 0 Å². The van der Waals surface area contributed by atoms with Gasteiger partial charge in [-0.3, -0.25) is 4.57 Å². The predicted molar refractivity (Wildman–Crippen MR) is 120 cm³/mol. The maximum Gasteiger partial charge on any atom is 0.387 e. The van der Waals surface area contributed by atoms with Crippen molar-refractivity contribution in [3.05, 3.63) is 95.8 Å². The summed E-state index contributed by atoms with van der Waals surface area (Å²) < 4.78 is 36.9. The fourth-order valence-electron chi connectivity index (χ4n) is 3.27. The van der Waals surface area contributed by atoms with Gasteiger partial charge in [0.25, 0.3) is 0 Å². The van der Waals surface area contributed by atoms with Crippen LogP contribution in [-0.4, -0.2) is 28.5 Å². The van der Waals surface area contributed by atoms with Crippen molar-refractivity contribution in [3.63, 3.8) is 0 Å². The van der Waals surface area contributed by atoms with Gasteiger partial charge >= 0.3 is 6.61 Å². The zero-order valence-corrected chi connectivity index (χ0v) is 18.1. The number of alkyl halides is 2. The van der Waals surface area contributed by atoms with E-state index in [1.54, 1.807) is 12.1 Å². The highest BCUT2D eigenvalue weighted by atomic mass is 32.2. The second-order valence-electron chi connectivity index (χ2n) is 6.88. The molecule has 0 bridgehead atoms. The fourth-order valence-corrected chi connectivity index (χ4v) is 4.18. The van der Waals surface area contributed by atoms with Crippen LogP contribution >= 0.6 is 11.8 Å². The zero-order chi connectivity index (χ0) is 22.3. The summed E-state index contributed by atoms with van der Waals surface area (Å²) >= 11 is 1.51. The molecule has 0 spiro atoms. The number of rotatable bonds is 9. The third kappa shape index (κ3) is 5.26. The van der Waals surface area contributed by atoms with Gasteiger partial charge in [0.15, 0.2) is 16.7 Å². The molecule has 5 nitrogen and oxygen atoms in total. The molecule has 0 aliphatic carbocycles. The Morgan fingerprint density at radius 2 is 1.59 bits per heavy atom. The van der Waals surface area contributed by atoms with Gasteiger partial charge in [-0.2, -0.15) is 8.78 Å². The molecule has 0 aliphatic heterocycles. The highest BCUT2D eigenvalue weighted by Crippen LogP contribution is 2.32. The third-order valence-corrected chi connectivity index (χ3v) is 5.73. The number of ether oxygens (including phenoxy) is 2. The van der Waals surface area contributed by atoms with Crippen LogP contribution in [0.15, 0.2) is 84.0 Å². The molecule has 0 N–H and O–H groups in total. The average molecular weight is 454 g/mol. The van der Waals surface area contributed by atoms with Gasteiger partial charge in [-0.05, 0) is 35.4 Å². The monoisotopic (exact) mass is 453 g/mol. The summed E-state index contributed by atoms with van der Waals surface area (Å²) in [5, 5.41) is 9.61. The molecule has 4 rings (SSSR count). The van der Waals surface area contributed by atoms with Crippen molar-refractivity contribution in [2.75, 3.05) is 7.11 Å². The van der Waals surface area contributed by atoms with E-state index >= 15 is 0 Å². The predicted octanol–water partition coefficient (Wildman–Crippen LogP) is 5.76. The first kappa shape index (κ1) is 21.8. The highest BCUT2D eigenvalue weighted by molar-refractivity contribution is 7.98. The number of para-hydroxylation sites is 1. The Morgan fingerprint density at radius 1 is 0.875 bits per heavy atom. The Hall–Kier alpha value is -3.39. The number of nitrogens with zero attached hydrogens (tertiary/aromatic N) is 3. The molecule has 0 amide bonds. The van der Waals surface area contributed by atoms with Crippen LogP contribution < -0.4 is 9.47 Å². The first-order chi connectivity index (χ1) is 15.6. The number of hydrogen-bond donors (Lipinski definition) is 0. The molecular formula is C24H21F2N3O2S. The number of thioether (sulfide) groups is 1. The van der Waals surface area contributed by atoms with Crippen LogP contribution in [0.25, 0.3) is 5.69 Å². The maximum atomic E-state index is 12.6. The van der Waals surface area contributed by atoms with Gasteiger partial charge in [-0.15, -0.1) is 10.2 Å². The molecule has 4 aromatic rings. The van der Waals surface area contributed by atoms with Gasteiger partial charge in [-0.25, -0.2) is 0 Å². The van der Waals surface area contributed by atoms with Crippen LogP contribution in [0.4, 0.5) is 8.78 Å². The van der Waals surface area contributed by atoms with Gasteiger partial charge in [0.2, 0.25) is 0 Å². The molecule has 8 heteroatoms. The molecule has 0 fully saturated rings. The van der Waals surface area contributed by atoms with Crippen molar-refractivity contribution < 1.29 is 18.3 Å². The van der Waals surface area contributed by atoms with Crippen LogP contribution in [0.1, 0.15) is 17.0 Å². The standard InChI is InChI=1S/C24H21F2N3O2S/c1-30-21-14-18(12-13-20(21)31-23(25)26)16-32-24-28-27-22(15-17-8-4-2-5-9-17)29(24)19-10-6-3-7-11-19/h2-14,23H,15-16H2,1H3. The quantitative estimate of drug-likeness (QED) is 0.302. The fraction of sp³-hybridized carbons (Fsp3) is 0.167. The van der Waals surface area contributed by atoms with Crippen LogP contribution in [0.2, 0.25) is 0 Å². The molecule has 0 saturated heterocycles. The van der Waals surface area contributed by atoms with E-state index in [-0.39, 0.29) is 11.5 Å². The van der Waals surface area contributed by atoms with Crippen LogP contribution in [-0.2, 0) is 12.2 Å². The molecule has 32 heavy (non-hydrogen) atoms. The number of aromatic nitrogens is 3. The Kier molecular flexibility index (Phi) is 7.01. The summed E-state index contributed by atoms with van der Waals surface area (Å²) in [7, 11) is 1.42. The number of methoxy groups -OCH3 is 1. The van der Waals surface area contributed by atoms with Crippen molar-refractivity contribution in [1.29, 1.82) is 0 Å². The van der Waals surface area contributed by atoms with Gasteiger partial charge in [0.1, 0.15) is 5.82 Å². The largest absolute Gasteiger partial charge is 0.493 e. The smallest absolute Gasteiger partial charge is 0.387 e. The van der Waals surface area contributed by atoms with E-state index in [9.17, 15) is 8.78 Å². The Labute approximate surface area is 189 Å². The van der Waals surface area contributed by atoms with Gasteiger partial charge < -0.3 is 9.47 Å². The number of halogens is 2. The number of benzene rings is 3. The lowest BCUT2D eigenvalue weighted by molar-refractivity contribution is -0.0512. The Bertz CT molecular complexity index is 1150. The topological polar surface area (TPSA) is 49.2 Å². The molecule has 0 radical (unpaired) electrons. The second kappa shape index (κ2) is 10.3. The minimum Gasteiger partial charge on any atom is -0.493 e. The lowest BCUT2D eigenvalue weighted by Crippen LogP contribution is -2.04. The molecule has 1 aromatic heterocycles. The lowest BCUT2D eigenvalue weighted by Gasteiger charge is -2.12. The summed E-state index contributed by atoms with van der Waals surface area (Å²) in [5.41, 5.74) is 3.01.